The summed E-state index contributed by atoms with van der Waals surface area (Å²) in [6.45, 7) is 0. The van der Waals surface area contributed by atoms with Gasteiger partial charge in [-0.3, -0.25) is 0 Å². The third-order valence-corrected chi connectivity index (χ3v) is 4.48. The molecule has 1 nitrogen and oxygen atoms in total. The van der Waals surface area contributed by atoms with Crippen molar-refractivity contribution in [3.05, 3.63) is 59.9 Å². The van der Waals surface area contributed by atoms with Gasteiger partial charge in [0.2, 0.25) is 0 Å². The maximum atomic E-state index is 5.23. The van der Waals surface area contributed by atoms with E-state index in [2.05, 4.69) is 48.6 Å². The second-order valence-electron chi connectivity index (χ2n) is 3.80. The van der Waals surface area contributed by atoms with E-state index >= 15 is 0 Å². The topological polar surface area (TPSA) is 9.23 Å². The molecule has 2 atom stereocenters. The number of hydrogen-bond acceptors (Lipinski definition) is 2. The Morgan fingerprint density at radius 1 is 1.27 bits per heavy atom. The minimum absolute atomic E-state index is 0.198. The Morgan fingerprint density at radius 2 is 2.07 bits per heavy atom. The number of fused-ring (bicyclic) bond motifs is 1. The second-order valence-corrected chi connectivity index (χ2v) is 5.22. The minimum Gasteiger partial charge on any atom is -0.497 e. The van der Waals surface area contributed by atoms with Gasteiger partial charge in [-0.05, 0) is 17.7 Å². The fourth-order valence-corrected chi connectivity index (χ4v) is 3.30. The molecule has 0 bridgehead atoms. The summed E-state index contributed by atoms with van der Waals surface area (Å²) in [6.07, 6.45) is 6.54. The summed E-state index contributed by atoms with van der Waals surface area (Å²) in [4.78, 5) is 0. The summed E-state index contributed by atoms with van der Waals surface area (Å²) in [6, 6.07) is 10.7. The molecule has 0 N–H and O–H groups in total. The van der Waals surface area contributed by atoms with Crippen molar-refractivity contribution < 1.29 is 4.74 Å². The standard InChI is InChI=1S/C13H12OS/c1-14-11-7-8-13(12(9-11)15-13)10-5-3-2-4-6-10/h2-9,12H,1H3. The SMILES string of the molecule is COC1=CC2SC2(c2ccccc2)C=C1. The Bertz CT molecular complexity index is 435. The summed E-state index contributed by atoms with van der Waals surface area (Å²) < 4.78 is 5.43. The number of thioether (sulfide) groups is 1. The molecule has 0 radical (unpaired) electrons. The largest absolute Gasteiger partial charge is 0.497 e. The lowest BCUT2D eigenvalue weighted by atomic mass is 9.92. The predicted octanol–water partition coefficient (Wildman–Crippen LogP) is 3.10. The van der Waals surface area contributed by atoms with Crippen molar-refractivity contribution in [3.8, 4) is 0 Å². The Balaban J connectivity index is 1.94. The van der Waals surface area contributed by atoms with E-state index in [1.165, 1.54) is 5.56 Å². The van der Waals surface area contributed by atoms with Gasteiger partial charge in [-0.2, -0.15) is 0 Å². The molecule has 3 rings (SSSR count). The average Bonchev–Trinajstić information content (AvgIpc) is 3.04. The van der Waals surface area contributed by atoms with E-state index in [1.54, 1.807) is 7.11 Å². The molecule has 1 aromatic carbocycles. The molecule has 1 saturated heterocycles. The molecule has 0 aromatic heterocycles. The number of rotatable bonds is 2. The van der Waals surface area contributed by atoms with Gasteiger partial charge in [0.05, 0.1) is 17.1 Å². The van der Waals surface area contributed by atoms with E-state index < -0.39 is 0 Å². The number of ether oxygens (including phenoxy) is 1. The van der Waals surface area contributed by atoms with E-state index in [0.717, 1.165) is 5.76 Å². The van der Waals surface area contributed by atoms with Crippen LogP contribution in [0, 0.1) is 0 Å². The molecule has 1 aliphatic heterocycles. The lowest BCUT2D eigenvalue weighted by molar-refractivity contribution is 0.304. The van der Waals surface area contributed by atoms with Gasteiger partial charge in [-0.15, -0.1) is 11.8 Å². The highest BCUT2D eigenvalue weighted by Gasteiger charge is 2.55. The van der Waals surface area contributed by atoms with Gasteiger partial charge in [-0.1, -0.05) is 36.4 Å². The van der Waals surface area contributed by atoms with Gasteiger partial charge >= 0.3 is 0 Å². The molecular weight excluding hydrogens is 204 g/mol. The average molecular weight is 216 g/mol. The maximum absolute atomic E-state index is 5.23. The fraction of sp³-hybridized carbons (Fsp3) is 0.231. The Labute approximate surface area is 93.8 Å². The van der Waals surface area contributed by atoms with Crippen LogP contribution in [0.15, 0.2) is 54.3 Å². The highest BCUT2D eigenvalue weighted by atomic mass is 32.2. The molecule has 1 aromatic rings. The summed E-state index contributed by atoms with van der Waals surface area (Å²) in [5.74, 6) is 0.983. The number of benzene rings is 1. The molecule has 76 valence electrons. The van der Waals surface area contributed by atoms with Crippen LogP contribution >= 0.6 is 11.8 Å². The van der Waals surface area contributed by atoms with Crippen molar-refractivity contribution in [2.24, 2.45) is 0 Å². The zero-order valence-electron chi connectivity index (χ0n) is 8.51. The van der Waals surface area contributed by atoms with Crippen LogP contribution in [0.2, 0.25) is 0 Å². The highest BCUT2D eigenvalue weighted by Crippen LogP contribution is 2.64. The molecule has 0 amide bonds. The Morgan fingerprint density at radius 3 is 2.73 bits per heavy atom. The van der Waals surface area contributed by atoms with E-state index in [9.17, 15) is 0 Å². The molecule has 1 fully saturated rings. The number of hydrogen-bond donors (Lipinski definition) is 0. The third kappa shape index (κ3) is 1.32. The number of methoxy groups -OCH3 is 1. The van der Waals surface area contributed by atoms with Gasteiger partial charge in [0.1, 0.15) is 5.76 Å². The molecule has 2 heteroatoms. The first-order valence-corrected chi connectivity index (χ1v) is 5.91. The molecule has 0 saturated carbocycles. The highest BCUT2D eigenvalue weighted by molar-refractivity contribution is 8.08. The zero-order valence-corrected chi connectivity index (χ0v) is 9.33. The molecule has 0 spiro atoms. The van der Waals surface area contributed by atoms with Gasteiger partial charge < -0.3 is 4.74 Å². The van der Waals surface area contributed by atoms with Crippen LogP contribution in [0.3, 0.4) is 0 Å². The fourth-order valence-electron chi connectivity index (χ4n) is 2.04. The second kappa shape index (κ2) is 3.17. The molecule has 2 unspecified atom stereocenters. The Hall–Kier alpha value is -1.15. The monoisotopic (exact) mass is 216 g/mol. The van der Waals surface area contributed by atoms with Crippen LogP contribution in [0.5, 0.6) is 0 Å². The van der Waals surface area contributed by atoms with Crippen LogP contribution in [0.1, 0.15) is 5.56 Å². The third-order valence-electron chi connectivity index (χ3n) is 2.96. The van der Waals surface area contributed by atoms with Crippen LogP contribution in [-0.2, 0) is 9.48 Å². The van der Waals surface area contributed by atoms with Crippen molar-refractivity contribution in [3.63, 3.8) is 0 Å². The van der Waals surface area contributed by atoms with Crippen LogP contribution in [0.4, 0.5) is 0 Å². The van der Waals surface area contributed by atoms with Crippen molar-refractivity contribution in [1.29, 1.82) is 0 Å². The minimum atomic E-state index is 0.198. The molecular formula is C13H12OS. The van der Waals surface area contributed by atoms with E-state index in [1.807, 2.05) is 11.8 Å². The lowest BCUT2D eigenvalue weighted by Gasteiger charge is -2.14. The molecule has 15 heavy (non-hydrogen) atoms. The number of allylic oxidation sites excluding steroid dienone is 1. The summed E-state index contributed by atoms with van der Waals surface area (Å²) in [7, 11) is 1.72. The van der Waals surface area contributed by atoms with Gasteiger partial charge in [-0.25, -0.2) is 0 Å². The molecule has 2 aliphatic rings. The van der Waals surface area contributed by atoms with Gasteiger partial charge in [0.15, 0.2) is 0 Å². The van der Waals surface area contributed by atoms with E-state index in [0.29, 0.717) is 5.25 Å². The van der Waals surface area contributed by atoms with Gasteiger partial charge in [0.25, 0.3) is 0 Å². The van der Waals surface area contributed by atoms with Crippen molar-refractivity contribution >= 4 is 11.8 Å². The normalized spacial score (nSPS) is 31.8. The van der Waals surface area contributed by atoms with Crippen molar-refractivity contribution in [2.45, 2.75) is 10.00 Å². The Kier molecular flexibility index (Phi) is 1.93. The van der Waals surface area contributed by atoms with Gasteiger partial charge in [0, 0.05) is 0 Å². The quantitative estimate of drug-likeness (QED) is 0.702. The smallest absolute Gasteiger partial charge is 0.115 e. The predicted molar refractivity (Wildman–Crippen MR) is 63.7 cm³/mol. The maximum Gasteiger partial charge on any atom is 0.115 e. The van der Waals surface area contributed by atoms with Crippen molar-refractivity contribution in [2.75, 3.05) is 7.11 Å². The molecule has 1 aliphatic carbocycles. The lowest BCUT2D eigenvalue weighted by Crippen LogP contribution is -2.11. The van der Waals surface area contributed by atoms with E-state index in [4.69, 9.17) is 4.74 Å². The molecule has 1 heterocycles. The van der Waals surface area contributed by atoms with Crippen LogP contribution in [-0.4, -0.2) is 12.4 Å². The first kappa shape index (κ1) is 9.10. The van der Waals surface area contributed by atoms with Crippen molar-refractivity contribution in [1.82, 2.24) is 0 Å². The van der Waals surface area contributed by atoms with Crippen LogP contribution in [0.25, 0.3) is 0 Å². The zero-order chi connectivity index (χ0) is 10.3. The summed E-state index contributed by atoms with van der Waals surface area (Å²) in [5, 5.41) is 0.555. The first-order valence-electron chi connectivity index (χ1n) is 5.03. The van der Waals surface area contributed by atoms with E-state index in [-0.39, 0.29) is 4.75 Å². The summed E-state index contributed by atoms with van der Waals surface area (Å²) >= 11 is 1.98. The summed E-state index contributed by atoms with van der Waals surface area (Å²) in [5.41, 5.74) is 1.39. The van der Waals surface area contributed by atoms with Crippen LogP contribution < -0.4 is 0 Å². The first-order chi connectivity index (χ1) is 7.35.